The summed E-state index contributed by atoms with van der Waals surface area (Å²) in [5.74, 6) is 1.28. The van der Waals surface area contributed by atoms with E-state index in [4.69, 9.17) is 10.5 Å². The van der Waals surface area contributed by atoms with Crippen LogP contribution in [-0.4, -0.2) is 19.1 Å². The van der Waals surface area contributed by atoms with Crippen LogP contribution in [-0.2, 0) is 9.53 Å². The molecule has 0 aromatic rings. The normalized spacial score (nSPS) is 29.8. The quantitative estimate of drug-likeness (QED) is 0.420. The van der Waals surface area contributed by atoms with Crippen molar-refractivity contribution in [2.45, 2.75) is 38.5 Å². The van der Waals surface area contributed by atoms with Crippen LogP contribution in [0.3, 0.4) is 0 Å². The molecule has 2 aliphatic carbocycles. The van der Waals surface area contributed by atoms with Crippen molar-refractivity contribution in [3.63, 3.8) is 0 Å². The minimum Gasteiger partial charge on any atom is -0.465 e. The standard InChI is InChI=1S/C14H23NO2/c15-7-3-1-2-4-8-17-14(16)13-10-11-5-6-12(13)9-11/h5-6,11-13H,1-4,7-10,15H2. The zero-order valence-electron chi connectivity index (χ0n) is 10.4. The summed E-state index contributed by atoms with van der Waals surface area (Å²) in [6.07, 6.45) is 10.9. The second-order valence-electron chi connectivity index (χ2n) is 5.26. The van der Waals surface area contributed by atoms with Crippen LogP contribution in [0.2, 0.25) is 0 Å². The molecule has 3 heteroatoms. The number of hydrogen-bond donors (Lipinski definition) is 1. The number of fused-ring (bicyclic) bond motifs is 2. The van der Waals surface area contributed by atoms with Gasteiger partial charge in [0, 0.05) is 0 Å². The van der Waals surface area contributed by atoms with E-state index in [1.807, 2.05) is 0 Å². The van der Waals surface area contributed by atoms with E-state index in [1.54, 1.807) is 0 Å². The summed E-state index contributed by atoms with van der Waals surface area (Å²) in [4.78, 5) is 11.8. The number of esters is 1. The topological polar surface area (TPSA) is 52.3 Å². The maximum atomic E-state index is 11.8. The van der Waals surface area contributed by atoms with Crippen LogP contribution >= 0.6 is 0 Å². The first kappa shape index (κ1) is 12.6. The molecule has 2 rings (SSSR count). The minimum absolute atomic E-state index is 0.0284. The summed E-state index contributed by atoms with van der Waals surface area (Å²) < 4.78 is 5.35. The van der Waals surface area contributed by atoms with Crippen molar-refractivity contribution in [2.75, 3.05) is 13.2 Å². The third-order valence-corrected chi connectivity index (χ3v) is 3.92. The van der Waals surface area contributed by atoms with Crippen LogP contribution in [0.1, 0.15) is 38.5 Å². The van der Waals surface area contributed by atoms with Crippen LogP contribution in [0, 0.1) is 17.8 Å². The number of carbonyl (C=O) groups excluding carboxylic acids is 1. The van der Waals surface area contributed by atoms with Crippen molar-refractivity contribution < 1.29 is 9.53 Å². The van der Waals surface area contributed by atoms with Gasteiger partial charge in [-0.05, 0) is 44.1 Å². The predicted octanol–water partition coefficient (Wildman–Crippen LogP) is 2.26. The first-order chi connectivity index (χ1) is 8.31. The molecule has 0 aromatic carbocycles. The molecule has 0 saturated heterocycles. The highest BCUT2D eigenvalue weighted by Gasteiger charge is 2.40. The molecule has 1 saturated carbocycles. The van der Waals surface area contributed by atoms with Gasteiger partial charge in [-0.25, -0.2) is 0 Å². The summed E-state index contributed by atoms with van der Waals surface area (Å²) in [5.41, 5.74) is 5.42. The predicted molar refractivity (Wildman–Crippen MR) is 67.3 cm³/mol. The van der Waals surface area contributed by atoms with Crippen molar-refractivity contribution in [3.05, 3.63) is 12.2 Å². The molecule has 2 aliphatic rings. The number of nitrogens with two attached hydrogens (primary N) is 1. The molecular formula is C14H23NO2. The van der Waals surface area contributed by atoms with Gasteiger partial charge in [-0.1, -0.05) is 25.0 Å². The molecule has 0 aliphatic heterocycles. The lowest BCUT2D eigenvalue weighted by atomic mass is 9.94. The Labute approximate surface area is 103 Å². The number of unbranched alkanes of at least 4 members (excludes halogenated alkanes) is 3. The highest BCUT2D eigenvalue weighted by molar-refractivity contribution is 5.74. The van der Waals surface area contributed by atoms with Gasteiger partial charge in [0.25, 0.3) is 0 Å². The van der Waals surface area contributed by atoms with Crippen molar-refractivity contribution in [2.24, 2.45) is 23.5 Å². The van der Waals surface area contributed by atoms with Gasteiger partial charge in [-0.2, -0.15) is 0 Å². The van der Waals surface area contributed by atoms with E-state index in [9.17, 15) is 4.79 Å². The fourth-order valence-electron chi connectivity index (χ4n) is 2.93. The van der Waals surface area contributed by atoms with Gasteiger partial charge in [0.15, 0.2) is 0 Å². The molecule has 2 N–H and O–H groups in total. The van der Waals surface area contributed by atoms with Crippen LogP contribution in [0.4, 0.5) is 0 Å². The van der Waals surface area contributed by atoms with E-state index in [0.717, 1.165) is 45.1 Å². The van der Waals surface area contributed by atoms with Gasteiger partial charge in [0.05, 0.1) is 12.5 Å². The highest BCUT2D eigenvalue weighted by atomic mass is 16.5. The van der Waals surface area contributed by atoms with Gasteiger partial charge in [0.2, 0.25) is 0 Å². The second-order valence-corrected chi connectivity index (χ2v) is 5.26. The molecule has 0 aromatic heterocycles. The first-order valence-corrected chi connectivity index (χ1v) is 6.86. The van der Waals surface area contributed by atoms with E-state index in [0.29, 0.717) is 18.4 Å². The first-order valence-electron chi connectivity index (χ1n) is 6.86. The van der Waals surface area contributed by atoms with E-state index < -0.39 is 0 Å². The Balaban J connectivity index is 1.57. The molecule has 0 amide bonds. The molecular weight excluding hydrogens is 214 g/mol. The van der Waals surface area contributed by atoms with Crippen molar-refractivity contribution >= 4 is 5.97 Å². The lowest BCUT2D eigenvalue weighted by Crippen LogP contribution is -2.22. The zero-order valence-corrected chi connectivity index (χ0v) is 10.4. The summed E-state index contributed by atoms with van der Waals surface area (Å²) in [5, 5.41) is 0. The van der Waals surface area contributed by atoms with Crippen LogP contribution in [0.25, 0.3) is 0 Å². The third-order valence-electron chi connectivity index (χ3n) is 3.92. The Morgan fingerprint density at radius 2 is 2.00 bits per heavy atom. The van der Waals surface area contributed by atoms with Gasteiger partial charge in [-0.15, -0.1) is 0 Å². The van der Waals surface area contributed by atoms with Crippen LogP contribution < -0.4 is 5.73 Å². The van der Waals surface area contributed by atoms with Gasteiger partial charge < -0.3 is 10.5 Å². The molecule has 0 radical (unpaired) electrons. The number of allylic oxidation sites excluding steroid dienone is 2. The van der Waals surface area contributed by atoms with Crippen molar-refractivity contribution in [1.29, 1.82) is 0 Å². The molecule has 3 atom stereocenters. The SMILES string of the molecule is NCCCCCCOC(=O)C1CC2C=CC1C2. The highest BCUT2D eigenvalue weighted by Crippen LogP contribution is 2.43. The lowest BCUT2D eigenvalue weighted by Gasteiger charge is -2.16. The van der Waals surface area contributed by atoms with Gasteiger partial charge in [0.1, 0.15) is 0 Å². The Bertz CT molecular complexity index is 288. The molecule has 96 valence electrons. The molecule has 3 nitrogen and oxygen atoms in total. The summed E-state index contributed by atoms with van der Waals surface area (Å²) in [7, 11) is 0. The molecule has 1 fully saturated rings. The lowest BCUT2D eigenvalue weighted by molar-refractivity contribution is -0.149. The Morgan fingerprint density at radius 1 is 1.18 bits per heavy atom. The average Bonchev–Trinajstić information content (AvgIpc) is 2.95. The van der Waals surface area contributed by atoms with E-state index in [1.165, 1.54) is 0 Å². The number of rotatable bonds is 7. The number of ether oxygens (including phenoxy) is 1. The fraction of sp³-hybridized carbons (Fsp3) is 0.786. The summed E-state index contributed by atoms with van der Waals surface area (Å²) in [6.45, 7) is 1.35. The minimum atomic E-state index is 0.0284. The second kappa shape index (κ2) is 6.20. The van der Waals surface area contributed by atoms with Crippen molar-refractivity contribution in [3.8, 4) is 0 Å². The molecule has 2 bridgehead atoms. The van der Waals surface area contributed by atoms with E-state index in [2.05, 4.69) is 12.2 Å². The van der Waals surface area contributed by atoms with Gasteiger partial charge >= 0.3 is 5.97 Å². The number of carbonyl (C=O) groups is 1. The monoisotopic (exact) mass is 237 g/mol. The Hall–Kier alpha value is -0.830. The molecule has 3 unspecified atom stereocenters. The van der Waals surface area contributed by atoms with E-state index >= 15 is 0 Å². The molecule has 0 heterocycles. The third kappa shape index (κ3) is 3.32. The smallest absolute Gasteiger partial charge is 0.309 e. The number of hydrogen-bond acceptors (Lipinski definition) is 3. The van der Waals surface area contributed by atoms with Crippen LogP contribution in [0.5, 0.6) is 0 Å². The summed E-state index contributed by atoms with van der Waals surface area (Å²) in [6, 6.07) is 0. The Kier molecular flexibility index (Phi) is 4.60. The van der Waals surface area contributed by atoms with E-state index in [-0.39, 0.29) is 11.9 Å². The van der Waals surface area contributed by atoms with Gasteiger partial charge in [-0.3, -0.25) is 4.79 Å². The maximum absolute atomic E-state index is 11.8. The maximum Gasteiger partial charge on any atom is 0.309 e. The summed E-state index contributed by atoms with van der Waals surface area (Å²) >= 11 is 0. The van der Waals surface area contributed by atoms with Crippen molar-refractivity contribution in [1.82, 2.24) is 0 Å². The average molecular weight is 237 g/mol. The fourth-order valence-corrected chi connectivity index (χ4v) is 2.93. The molecule has 0 spiro atoms. The molecule has 17 heavy (non-hydrogen) atoms. The largest absolute Gasteiger partial charge is 0.465 e. The zero-order chi connectivity index (χ0) is 12.1. The van der Waals surface area contributed by atoms with Crippen LogP contribution in [0.15, 0.2) is 12.2 Å². The Morgan fingerprint density at radius 3 is 2.65 bits per heavy atom.